The maximum atomic E-state index is 13.3. The molecule has 0 radical (unpaired) electrons. The molecule has 0 unspecified atom stereocenters. The number of hydrogen-bond donors (Lipinski definition) is 2. The molecule has 0 aromatic heterocycles. The highest BCUT2D eigenvalue weighted by Gasteiger charge is 2.17. The van der Waals surface area contributed by atoms with E-state index in [9.17, 15) is 18.8 Å². The Balaban J connectivity index is 1.54. The van der Waals surface area contributed by atoms with Crippen LogP contribution >= 0.6 is 0 Å². The van der Waals surface area contributed by atoms with Gasteiger partial charge in [-0.1, -0.05) is 36.4 Å². The van der Waals surface area contributed by atoms with Crippen LogP contribution in [0, 0.1) is 5.82 Å². The van der Waals surface area contributed by atoms with Gasteiger partial charge in [0.15, 0.2) is 5.78 Å². The first-order valence-corrected chi connectivity index (χ1v) is 12.6. The first-order valence-electron chi connectivity index (χ1n) is 12.6. The van der Waals surface area contributed by atoms with Crippen LogP contribution in [-0.4, -0.2) is 31.8 Å². The van der Waals surface area contributed by atoms with E-state index in [1.165, 1.54) is 38.5 Å². The first kappa shape index (κ1) is 28.5. The van der Waals surface area contributed by atoms with E-state index in [0.717, 1.165) is 0 Å². The minimum absolute atomic E-state index is 0.0234. The second kappa shape index (κ2) is 13.5. The van der Waals surface area contributed by atoms with Gasteiger partial charge in [0, 0.05) is 28.4 Å². The van der Waals surface area contributed by atoms with Crippen molar-refractivity contribution in [1.29, 1.82) is 0 Å². The smallest absolute Gasteiger partial charge is 0.272 e. The summed E-state index contributed by atoms with van der Waals surface area (Å²) in [7, 11) is 3.02. The molecule has 2 N–H and O–H groups in total. The highest BCUT2D eigenvalue weighted by Crippen LogP contribution is 2.26. The predicted molar refractivity (Wildman–Crippen MR) is 156 cm³/mol. The van der Waals surface area contributed by atoms with Crippen LogP contribution in [0.3, 0.4) is 0 Å². The van der Waals surface area contributed by atoms with Crippen LogP contribution in [0.25, 0.3) is 12.2 Å². The molecule has 0 bridgehead atoms. The third-order valence-corrected chi connectivity index (χ3v) is 5.99. The number of ketones is 1. The number of nitrogens with one attached hydrogen (secondary N) is 2. The molecule has 0 aliphatic rings. The molecule has 0 saturated heterocycles. The number of carbonyl (C=O) groups is 3. The minimum Gasteiger partial charge on any atom is -0.497 e. The molecule has 7 nitrogen and oxygen atoms in total. The van der Waals surface area contributed by atoms with E-state index >= 15 is 0 Å². The number of hydrogen-bond acceptors (Lipinski definition) is 5. The molecule has 8 heteroatoms. The summed E-state index contributed by atoms with van der Waals surface area (Å²) in [6, 6.07) is 25.7. The number of carbonyl (C=O) groups excluding carboxylic acids is 3. The van der Waals surface area contributed by atoms with Crippen LogP contribution in [0.4, 0.5) is 10.1 Å². The van der Waals surface area contributed by atoms with Crippen LogP contribution < -0.4 is 20.1 Å². The second-order valence-electron chi connectivity index (χ2n) is 8.77. The molecule has 0 fully saturated rings. The predicted octanol–water partition coefficient (Wildman–Crippen LogP) is 6.15. The number of halogens is 1. The van der Waals surface area contributed by atoms with E-state index in [1.54, 1.807) is 91.0 Å². The lowest BCUT2D eigenvalue weighted by molar-refractivity contribution is -0.113. The fourth-order valence-electron chi connectivity index (χ4n) is 3.79. The summed E-state index contributed by atoms with van der Waals surface area (Å²) in [4.78, 5) is 38.8. The van der Waals surface area contributed by atoms with Crippen molar-refractivity contribution in [3.63, 3.8) is 0 Å². The summed E-state index contributed by atoms with van der Waals surface area (Å²) in [5.41, 5.74) is 2.40. The Bertz CT molecular complexity index is 1600. The zero-order valence-corrected chi connectivity index (χ0v) is 22.4. The lowest BCUT2D eigenvalue weighted by Gasteiger charge is -2.13. The van der Waals surface area contributed by atoms with Gasteiger partial charge in [0.25, 0.3) is 11.8 Å². The van der Waals surface area contributed by atoms with Crippen molar-refractivity contribution in [3.05, 3.63) is 137 Å². The fourth-order valence-corrected chi connectivity index (χ4v) is 3.79. The average Bonchev–Trinajstić information content (AvgIpc) is 3.01. The van der Waals surface area contributed by atoms with Gasteiger partial charge in [-0.05, 0) is 78.4 Å². The van der Waals surface area contributed by atoms with Crippen molar-refractivity contribution in [2.75, 3.05) is 19.5 Å². The Morgan fingerprint density at radius 3 is 2.15 bits per heavy atom. The molecule has 4 aromatic carbocycles. The molecule has 0 spiro atoms. The Morgan fingerprint density at radius 2 is 1.49 bits per heavy atom. The molecule has 4 rings (SSSR count). The van der Waals surface area contributed by atoms with Gasteiger partial charge in [-0.2, -0.15) is 0 Å². The van der Waals surface area contributed by atoms with Crippen LogP contribution in [0.2, 0.25) is 0 Å². The summed E-state index contributed by atoms with van der Waals surface area (Å²) >= 11 is 0. The van der Waals surface area contributed by atoms with Crippen LogP contribution in [-0.2, 0) is 4.79 Å². The van der Waals surface area contributed by atoms with Gasteiger partial charge in [-0.25, -0.2) is 4.39 Å². The van der Waals surface area contributed by atoms with Gasteiger partial charge >= 0.3 is 0 Å². The second-order valence-corrected chi connectivity index (χ2v) is 8.77. The fraction of sp³-hybridized carbons (Fsp3) is 0.0606. The van der Waals surface area contributed by atoms with E-state index in [2.05, 4.69) is 10.6 Å². The molecular weight excluding hydrogens is 523 g/mol. The van der Waals surface area contributed by atoms with Crippen LogP contribution in [0.15, 0.2) is 109 Å². The Hall–Kier alpha value is -5.50. The lowest BCUT2D eigenvalue weighted by Crippen LogP contribution is -2.30. The van der Waals surface area contributed by atoms with Gasteiger partial charge in [0.1, 0.15) is 23.0 Å². The number of amides is 2. The molecule has 0 heterocycles. The largest absolute Gasteiger partial charge is 0.497 e. The highest BCUT2D eigenvalue weighted by molar-refractivity contribution is 6.11. The molecule has 0 saturated carbocycles. The summed E-state index contributed by atoms with van der Waals surface area (Å²) in [6.45, 7) is 0. The standard InChI is InChI=1S/C33H27FN2O5/c1-40-28-18-13-25(31(21-28)41-2)20-29(36-32(38)24-6-4-3-5-7-24)33(39)35-27-16-11-23(12-17-27)30(37)19-10-22-8-14-26(34)15-9-22/h3-21H,1-2H3,(H,35,39)(H,36,38)/b19-10+,29-20-. The summed E-state index contributed by atoms with van der Waals surface area (Å²) in [5, 5.41) is 5.44. The number of benzene rings is 4. The molecule has 2 amide bonds. The van der Waals surface area contributed by atoms with Gasteiger partial charge in [-0.15, -0.1) is 0 Å². The maximum absolute atomic E-state index is 13.3. The normalized spacial score (nSPS) is 11.1. The first-order chi connectivity index (χ1) is 19.9. The van der Waals surface area contributed by atoms with Gasteiger partial charge in [0.2, 0.25) is 0 Å². The van der Waals surface area contributed by atoms with Crippen molar-refractivity contribution in [3.8, 4) is 11.5 Å². The summed E-state index contributed by atoms with van der Waals surface area (Å²) < 4.78 is 23.8. The van der Waals surface area contributed by atoms with Gasteiger partial charge in [0.05, 0.1) is 14.2 Å². The molecule has 206 valence electrons. The Morgan fingerprint density at radius 1 is 0.780 bits per heavy atom. The third kappa shape index (κ3) is 7.77. The highest BCUT2D eigenvalue weighted by atomic mass is 19.1. The average molecular weight is 551 g/mol. The molecule has 0 aliphatic heterocycles. The molecule has 0 aliphatic carbocycles. The Labute approximate surface area is 236 Å². The maximum Gasteiger partial charge on any atom is 0.272 e. The molecule has 41 heavy (non-hydrogen) atoms. The quantitative estimate of drug-likeness (QED) is 0.183. The zero-order chi connectivity index (χ0) is 29.2. The van der Waals surface area contributed by atoms with Gasteiger partial charge in [-0.3, -0.25) is 14.4 Å². The number of allylic oxidation sites excluding steroid dienone is 1. The summed E-state index contributed by atoms with van der Waals surface area (Å²) in [5.74, 6) is -0.641. The number of anilines is 1. The topological polar surface area (TPSA) is 93.7 Å². The van der Waals surface area contributed by atoms with Crippen molar-refractivity contribution in [1.82, 2.24) is 5.32 Å². The molecule has 4 aromatic rings. The van der Waals surface area contributed by atoms with E-state index in [-0.39, 0.29) is 17.3 Å². The number of ether oxygens (including phenoxy) is 2. The van der Waals surface area contributed by atoms with E-state index in [1.807, 2.05) is 0 Å². The molecular formula is C33H27FN2O5. The van der Waals surface area contributed by atoms with Gasteiger partial charge < -0.3 is 20.1 Å². The SMILES string of the molecule is COc1ccc(/C=C(\NC(=O)c2ccccc2)C(=O)Nc2ccc(C(=O)/C=C/c3ccc(F)cc3)cc2)c(OC)c1. The monoisotopic (exact) mass is 550 g/mol. The zero-order valence-electron chi connectivity index (χ0n) is 22.4. The van der Waals surface area contributed by atoms with Crippen molar-refractivity contribution < 1.29 is 28.2 Å². The van der Waals surface area contributed by atoms with Crippen LogP contribution in [0.5, 0.6) is 11.5 Å². The van der Waals surface area contributed by atoms with Crippen molar-refractivity contribution >= 4 is 35.4 Å². The Kier molecular flexibility index (Phi) is 9.41. The van der Waals surface area contributed by atoms with Crippen molar-refractivity contribution in [2.24, 2.45) is 0 Å². The minimum atomic E-state index is -0.581. The van der Waals surface area contributed by atoms with Crippen LogP contribution in [0.1, 0.15) is 31.8 Å². The summed E-state index contributed by atoms with van der Waals surface area (Å²) in [6.07, 6.45) is 4.49. The van der Waals surface area contributed by atoms with Crippen molar-refractivity contribution in [2.45, 2.75) is 0 Å². The van der Waals surface area contributed by atoms with E-state index in [0.29, 0.717) is 39.4 Å². The number of rotatable bonds is 10. The number of methoxy groups -OCH3 is 2. The van der Waals surface area contributed by atoms with E-state index in [4.69, 9.17) is 9.47 Å². The lowest BCUT2D eigenvalue weighted by atomic mass is 10.1. The molecule has 0 atom stereocenters. The van der Waals surface area contributed by atoms with E-state index < -0.39 is 11.8 Å². The third-order valence-electron chi connectivity index (χ3n) is 5.99.